The molecule has 2 aromatic carbocycles. The molecule has 4 aromatic rings. The monoisotopic (exact) mass is 472 g/mol. The summed E-state index contributed by atoms with van der Waals surface area (Å²) >= 11 is 1.33. The SMILES string of the molecule is NC(=O)c1sc(-c2cn(Cc3ccccc3)c3ccccc23)cc1NC(=O)CN1CCCCC1. The van der Waals surface area contributed by atoms with Gasteiger partial charge in [-0.15, -0.1) is 11.3 Å². The van der Waals surface area contributed by atoms with Crippen molar-refractivity contribution in [2.75, 3.05) is 25.0 Å². The van der Waals surface area contributed by atoms with Crippen LogP contribution in [0.1, 0.15) is 34.5 Å². The Morgan fingerprint density at radius 3 is 2.47 bits per heavy atom. The van der Waals surface area contributed by atoms with E-state index in [4.69, 9.17) is 5.73 Å². The quantitative estimate of drug-likeness (QED) is 0.400. The van der Waals surface area contributed by atoms with Crippen molar-refractivity contribution in [2.24, 2.45) is 5.73 Å². The Bertz CT molecular complexity index is 1320. The highest BCUT2D eigenvalue weighted by molar-refractivity contribution is 7.18. The molecule has 1 aliphatic heterocycles. The Kier molecular flexibility index (Phi) is 6.47. The molecule has 34 heavy (non-hydrogen) atoms. The van der Waals surface area contributed by atoms with E-state index < -0.39 is 5.91 Å². The van der Waals surface area contributed by atoms with Crippen molar-refractivity contribution in [1.82, 2.24) is 9.47 Å². The molecule has 7 heteroatoms. The zero-order chi connectivity index (χ0) is 23.5. The van der Waals surface area contributed by atoms with Crippen molar-refractivity contribution in [3.8, 4) is 10.4 Å². The van der Waals surface area contributed by atoms with E-state index in [1.165, 1.54) is 23.3 Å². The fourth-order valence-electron chi connectivity index (χ4n) is 4.66. The smallest absolute Gasteiger partial charge is 0.260 e. The average Bonchev–Trinajstić information content (AvgIpc) is 3.42. The lowest BCUT2D eigenvalue weighted by Crippen LogP contribution is -2.37. The topological polar surface area (TPSA) is 80.4 Å². The first-order chi connectivity index (χ1) is 16.6. The summed E-state index contributed by atoms with van der Waals surface area (Å²) in [4.78, 5) is 28.4. The number of likely N-dealkylation sites (tertiary alicyclic amines) is 1. The van der Waals surface area contributed by atoms with Crippen molar-refractivity contribution in [2.45, 2.75) is 25.8 Å². The maximum absolute atomic E-state index is 12.7. The van der Waals surface area contributed by atoms with Gasteiger partial charge in [0.05, 0.1) is 12.2 Å². The van der Waals surface area contributed by atoms with Crippen LogP contribution < -0.4 is 11.1 Å². The highest BCUT2D eigenvalue weighted by Crippen LogP contribution is 2.39. The fraction of sp³-hybridized carbons (Fsp3) is 0.259. The van der Waals surface area contributed by atoms with Crippen molar-refractivity contribution in [3.63, 3.8) is 0 Å². The number of nitrogens with zero attached hydrogens (tertiary/aromatic N) is 2. The highest BCUT2D eigenvalue weighted by atomic mass is 32.1. The summed E-state index contributed by atoms with van der Waals surface area (Å²) in [5.74, 6) is -0.641. The van der Waals surface area contributed by atoms with Crippen LogP contribution in [0.25, 0.3) is 21.3 Å². The number of piperidine rings is 1. The third-order valence-electron chi connectivity index (χ3n) is 6.30. The van der Waals surface area contributed by atoms with Crippen molar-refractivity contribution >= 4 is 39.7 Å². The van der Waals surface area contributed by atoms with Gasteiger partial charge in [-0.05, 0) is 43.6 Å². The van der Waals surface area contributed by atoms with Gasteiger partial charge in [0.25, 0.3) is 5.91 Å². The number of anilines is 1. The summed E-state index contributed by atoms with van der Waals surface area (Å²) in [5, 5.41) is 4.05. The molecule has 6 nitrogen and oxygen atoms in total. The first kappa shape index (κ1) is 22.4. The van der Waals surface area contributed by atoms with E-state index in [2.05, 4.69) is 45.2 Å². The van der Waals surface area contributed by atoms with E-state index in [0.29, 0.717) is 17.1 Å². The molecular formula is C27H28N4O2S. The van der Waals surface area contributed by atoms with Crippen molar-refractivity contribution in [1.29, 1.82) is 0 Å². The molecule has 0 atom stereocenters. The summed E-state index contributed by atoms with van der Waals surface area (Å²) in [6, 6.07) is 20.4. The minimum atomic E-state index is -0.530. The molecule has 0 unspecified atom stereocenters. The largest absolute Gasteiger partial charge is 0.365 e. The van der Waals surface area contributed by atoms with Gasteiger partial charge in [-0.2, -0.15) is 0 Å². The van der Waals surface area contributed by atoms with E-state index in [1.54, 1.807) is 0 Å². The Morgan fingerprint density at radius 2 is 1.71 bits per heavy atom. The lowest BCUT2D eigenvalue weighted by atomic mass is 10.1. The molecule has 2 aromatic heterocycles. The number of fused-ring (bicyclic) bond motifs is 1. The molecule has 3 N–H and O–H groups in total. The molecule has 0 spiro atoms. The molecule has 1 saturated heterocycles. The summed E-state index contributed by atoms with van der Waals surface area (Å²) < 4.78 is 2.22. The Morgan fingerprint density at radius 1 is 0.971 bits per heavy atom. The van der Waals surface area contributed by atoms with Gasteiger partial charge in [-0.1, -0.05) is 55.0 Å². The number of rotatable bonds is 7. The number of benzene rings is 2. The molecule has 0 bridgehead atoms. The van der Waals surface area contributed by atoms with Crippen LogP contribution in [0.2, 0.25) is 0 Å². The molecule has 0 aliphatic carbocycles. The van der Waals surface area contributed by atoms with Gasteiger partial charge in [0.2, 0.25) is 5.91 Å². The fourth-order valence-corrected chi connectivity index (χ4v) is 5.65. The minimum Gasteiger partial charge on any atom is -0.365 e. The Hall–Kier alpha value is -3.42. The van der Waals surface area contributed by atoms with Gasteiger partial charge in [0.15, 0.2) is 0 Å². The maximum atomic E-state index is 12.7. The second-order valence-corrected chi connectivity index (χ2v) is 9.83. The van der Waals surface area contributed by atoms with Crippen LogP contribution in [0.5, 0.6) is 0 Å². The lowest BCUT2D eigenvalue weighted by Gasteiger charge is -2.25. The van der Waals surface area contributed by atoms with Gasteiger partial charge in [0.1, 0.15) is 4.88 Å². The molecule has 1 aliphatic rings. The van der Waals surface area contributed by atoms with Crippen LogP contribution >= 0.6 is 11.3 Å². The van der Waals surface area contributed by atoms with E-state index >= 15 is 0 Å². The van der Waals surface area contributed by atoms with Gasteiger partial charge in [-0.25, -0.2) is 0 Å². The van der Waals surface area contributed by atoms with Crippen LogP contribution in [0.4, 0.5) is 5.69 Å². The van der Waals surface area contributed by atoms with E-state index in [-0.39, 0.29) is 5.91 Å². The number of thiophene rings is 1. The number of hydrogen-bond acceptors (Lipinski definition) is 4. The first-order valence-electron chi connectivity index (χ1n) is 11.7. The molecule has 2 amide bonds. The standard InChI is InChI=1S/C27H28N4O2S/c28-27(33)26-22(29-25(32)18-30-13-7-2-8-14-30)15-24(34-26)21-17-31(16-19-9-3-1-4-10-19)23-12-6-5-11-20(21)23/h1,3-6,9-12,15,17H,2,7-8,13-14,16,18H2,(H2,28,33)(H,29,32). The number of nitrogens with one attached hydrogen (secondary N) is 1. The lowest BCUT2D eigenvalue weighted by molar-refractivity contribution is -0.117. The third kappa shape index (κ3) is 4.76. The van der Waals surface area contributed by atoms with Crippen LogP contribution in [-0.2, 0) is 11.3 Å². The summed E-state index contributed by atoms with van der Waals surface area (Å²) in [6.07, 6.45) is 5.58. The van der Waals surface area contributed by atoms with Gasteiger partial charge >= 0.3 is 0 Å². The van der Waals surface area contributed by atoms with Crippen molar-refractivity contribution < 1.29 is 9.59 Å². The van der Waals surface area contributed by atoms with E-state index in [9.17, 15) is 9.59 Å². The predicted molar refractivity (Wildman–Crippen MR) is 138 cm³/mol. The zero-order valence-corrected chi connectivity index (χ0v) is 19.8. The van der Waals surface area contributed by atoms with Gasteiger partial charge in [0, 0.05) is 34.1 Å². The number of primary amides is 1. The van der Waals surface area contributed by atoms with Gasteiger partial charge < -0.3 is 15.6 Å². The molecule has 1 fully saturated rings. The molecule has 3 heterocycles. The number of para-hydroxylation sites is 1. The normalized spacial score (nSPS) is 14.4. The molecule has 5 rings (SSSR count). The van der Waals surface area contributed by atoms with E-state index in [0.717, 1.165) is 53.8 Å². The number of aromatic nitrogens is 1. The predicted octanol–water partition coefficient (Wildman–Crippen LogP) is 4.94. The number of hydrogen-bond donors (Lipinski definition) is 2. The van der Waals surface area contributed by atoms with Crippen LogP contribution in [0.15, 0.2) is 66.9 Å². The molecular weight excluding hydrogens is 444 g/mol. The van der Waals surface area contributed by atoms with Crippen LogP contribution in [-0.4, -0.2) is 40.9 Å². The number of carbonyl (C=O) groups is 2. The van der Waals surface area contributed by atoms with Crippen LogP contribution in [0, 0.1) is 0 Å². The first-order valence-corrected chi connectivity index (χ1v) is 12.5. The number of carbonyl (C=O) groups excluding carboxylic acids is 2. The second kappa shape index (κ2) is 9.83. The van der Waals surface area contributed by atoms with Crippen molar-refractivity contribution in [3.05, 3.63) is 77.3 Å². The minimum absolute atomic E-state index is 0.111. The summed E-state index contributed by atoms with van der Waals surface area (Å²) in [5.41, 5.74) is 9.54. The highest BCUT2D eigenvalue weighted by Gasteiger charge is 2.21. The van der Waals surface area contributed by atoms with Gasteiger partial charge in [-0.3, -0.25) is 14.5 Å². The Balaban J connectivity index is 1.46. The maximum Gasteiger partial charge on any atom is 0.260 e. The molecule has 174 valence electrons. The molecule has 0 saturated carbocycles. The average molecular weight is 473 g/mol. The molecule has 0 radical (unpaired) electrons. The second-order valence-electron chi connectivity index (χ2n) is 8.78. The third-order valence-corrected chi connectivity index (χ3v) is 7.48. The van der Waals surface area contributed by atoms with Crippen LogP contribution in [0.3, 0.4) is 0 Å². The zero-order valence-electron chi connectivity index (χ0n) is 19.0. The van der Waals surface area contributed by atoms with E-state index in [1.807, 2.05) is 36.4 Å². The number of amides is 2. The summed E-state index contributed by atoms with van der Waals surface area (Å²) in [6.45, 7) is 2.95. The Labute approximate surface area is 203 Å². The number of nitrogens with two attached hydrogens (primary N) is 1. The summed E-state index contributed by atoms with van der Waals surface area (Å²) in [7, 11) is 0.